The highest BCUT2D eigenvalue weighted by Gasteiger charge is 2.26. The molecule has 5 amide bonds. The molecule has 3 rings (SSSR count). The number of halogens is 3. The summed E-state index contributed by atoms with van der Waals surface area (Å²) >= 11 is 6.85. The predicted molar refractivity (Wildman–Crippen MR) is 126 cm³/mol. The Morgan fingerprint density at radius 3 is 2.63 bits per heavy atom. The fourth-order valence-electron chi connectivity index (χ4n) is 3.18. The van der Waals surface area contributed by atoms with E-state index < -0.39 is 35.9 Å². The molecule has 2 aromatic rings. The summed E-state index contributed by atoms with van der Waals surface area (Å²) in [5.74, 6) is -1.73. The second-order valence-electron chi connectivity index (χ2n) is 7.25. The number of urea groups is 1. The van der Waals surface area contributed by atoms with Crippen molar-refractivity contribution in [3.63, 3.8) is 0 Å². The topological polar surface area (TPSA) is 129 Å². The van der Waals surface area contributed by atoms with Crippen LogP contribution in [-0.4, -0.2) is 63.1 Å². The maximum Gasteiger partial charge on any atom is 0.315 e. The molecule has 1 aliphatic heterocycles. The van der Waals surface area contributed by atoms with Crippen LogP contribution in [0.3, 0.4) is 0 Å². The lowest BCUT2D eigenvalue weighted by Gasteiger charge is -2.27. The average molecular weight is 530 g/mol. The summed E-state index contributed by atoms with van der Waals surface area (Å²) in [5.41, 5.74) is -0.464. The Hall–Kier alpha value is -3.29. The van der Waals surface area contributed by atoms with Crippen molar-refractivity contribution in [2.75, 3.05) is 43.6 Å². The highest BCUT2D eigenvalue weighted by molar-refractivity contribution is 7.18. The van der Waals surface area contributed by atoms with Gasteiger partial charge in [0, 0.05) is 37.1 Å². The number of nitrogens with zero attached hydrogens (tertiary/aromatic N) is 1. The minimum absolute atomic E-state index is 0.154. The van der Waals surface area contributed by atoms with E-state index in [-0.39, 0.29) is 43.6 Å². The molecule has 1 fully saturated rings. The molecule has 1 aromatic heterocycles. The van der Waals surface area contributed by atoms with E-state index in [1.54, 1.807) is 0 Å². The first kappa shape index (κ1) is 26.3. The van der Waals surface area contributed by atoms with Crippen molar-refractivity contribution in [2.45, 2.75) is 12.5 Å². The molecule has 10 nitrogen and oxygen atoms in total. The summed E-state index contributed by atoms with van der Waals surface area (Å²) in [4.78, 5) is 50.7. The van der Waals surface area contributed by atoms with Gasteiger partial charge in [-0.05, 0) is 30.3 Å². The van der Waals surface area contributed by atoms with Crippen LogP contribution in [0.1, 0.15) is 21.7 Å². The zero-order valence-corrected chi connectivity index (χ0v) is 20.0. The number of hydrogen-bond acceptors (Lipinski definition) is 6. The molecule has 0 spiro atoms. The summed E-state index contributed by atoms with van der Waals surface area (Å²) in [6, 6.07) is 4.82. The van der Waals surface area contributed by atoms with Gasteiger partial charge in [0.15, 0.2) is 0 Å². The van der Waals surface area contributed by atoms with Crippen LogP contribution in [0.25, 0.3) is 0 Å². The lowest BCUT2D eigenvalue weighted by molar-refractivity contribution is -0.125. The molecule has 0 aliphatic carbocycles. The summed E-state index contributed by atoms with van der Waals surface area (Å²) in [7, 11) is 1.33. The maximum absolute atomic E-state index is 13.8. The predicted octanol–water partition coefficient (Wildman–Crippen LogP) is 2.37. The van der Waals surface area contributed by atoms with Gasteiger partial charge >= 0.3 is 6.03 Å². The minimum atomic E-state index is -2.96. The Kier molecular flexibility index (Phi) is 8.95. The highest BCUT2D eigenvalue weighted by atomic mass is 35.5. The molecule has 0 radical (unpaired) electrons. The fourth-order valence-corrected chi connectivity index (χ4v) is 4.14. The van der Waals surface area contributed by atoms with Crippen molar-refractivity contribution in [1.29, 1.82) is 0 Å². The standard InChI is InChI=1S/C21H22ClF2N5O5S/c1-25-21(33)28-14(9-26-20(32)15-4-5-16(22)35-15)19(31)27-13-3-2-11(8-12(13)18(23)24)29-6-7-34-10-17(29)30/h2-5,8,14,18H,6-7,9-10H2,1H3,(H,26,32)(H,27,31)(H2,25,28,33)/t14-/m1/s1. The number of morpholine rings is 1. The Morgan fingerprint density at radius 1 is 1.23 bits per heavy atom. The number of hydrogen-bond donors (Lipinski definition) is 4. The average Bonchev–Trinajstić information content (AvgIpc) is 3.28. The van der Waals surface area contributed by atoms with Crippen LogP contribution >= 0.6 is 22.9 Å². The zero-order chi connectivity index (χ0) is 25.5. The number of carbonyl (C=O) groups is 4. The Bertz CT molecular complexity index is 1120. The van der Waals surface area contributed by atoms with Gasteiger partial charge in [0.05, 0.1) is 15.8 Å². The molecule has 0 unspecified atom stereocenters. The number of ether oxygens (including phenoxy) is 1. The molecule has 188 valence electrons. The summed E-state index contributed by atoms with van der Waals surface area (Å²) in [6.07, 6.45) is -2.96. The molecule has 0 bridgehead atoms. The van der Waals surface area contributed by atoms with Gasteiger partial charge in [0.1, 0.15) is 12.6 Å². The fraction of sp³-hybridized carbons (Fsp3) is 0.333. The molecule has 1 atom stereocenters. The van der Waals surface area contributed by atoms with Crippen LogP contribution < -0.4 is 26.2 Å². The van der Waals surface area contributed by atoms with E-state index in [0.29, 0.717) is 9.21 Å². The van der Waals surface area contributed by atoms with E-state index in [1.165, 1.54) is 36.2 Å². The van der Waals surface area contributed by atoms with Crippen molar-refractivity contribution >= 4 is 58.1 Å². The largest absolute Gasteiger partial charge is 0.370 e. The van der Waals surface area contributed by atoms with Gasteiger partial charge in [-0.1, -0.05) is 11.6 Å². The van der Waals surface area contributed by atoms with Gasteiger partial charge in [-0.25, -0.2) is 13.6 Å². The lowest BCUT2D eigenvalue weighted by Crippen LogP contribution is -2.52. The Balaban J connectivity index is 1.76. The summed E-state index contributed by atoms with van der Waals surface area (Å²) < 4.78 is 33.1. The first-order chi connectivity index (χ1) is 16.7. The number of thiophene rings is 1. The summed E-state index contributed by atoms with van der Waals surface area (Å²) in [6.45, 7) is 0.00168. The Morgan fingerprint density at radius 2 is 2.00 bits per heavy atom. The van der Waals surface area contributed by atoms with Gasteiger partial charge in [0.2, 0.25) is 5.91 Å². The molecular weight excluding hydrogens is 508 g/mol. The molecule has 4 N–H and O–H groups in total. The van der Waals surface area contributed by atoms with E-state index in [0.717, 1.165) is 17.4 Å². The highest BCUT2D eigenvalue weighted by Crippen LogP contribution is 2.32. The molecule has 1 saturated heterocycles. The van der Waals surface area contributed by atoms with Gasteiger partial charge in [-0.2, -0.15) is 0 Å². The number of carbonyl (C=O) groups excluding carboxylic acids is 4. The number of amides is 5. The second kappa shape index (κ2) is 11.9. The van der Waals surface area contributed by atoms with Crippen LogP contribution in [0.4, 0.5) is 25.0 Å². The SMILES string of the molecule is CNC(=O)N[C@H](CNC(=O)c1ccc(Cl)s1)C(=O)Nc1ccc(N2CCOCC2=O)cc1C(F)F. The molecule has 14 heteroatoms. The first-order valence-corrected chi connectivity index (χ1v) is 11.5. The van der Waals surface area contributed by atoms with Crippen molar-refractivity contribution in [2.24, 2.45) is 0 Å². The van der Waals surface area contributed by atoms with Crippen molar-refractivity contribution in [3.8, 4) is 0 Å². The normalized spacial score (nSPS) is 14.4. The molecule has 0 saturated carbocycles. The lowest BCUT2D eigenvalue weighted by atomic mass is 10.1. The van der Waals surface area contributed by atoms with Crippen LogP contribution in [-0.2, 0) is 14.3 Å². The smallest absolute Gasteiger partial charge is 0.315 e. The Labute approximate surface area is 207 Å². The molecule has 1 aliphatic rings. The van der Waals surface area contributed by atoms with Crippen molar-refractivity contribution < 1.29 is 32.7 Å². The van der Waals surface area contributed by atoms with Gasteiger partial charge < -0.3 is 30.9 Å². The number of anilines is 2. The molecule has 1 aromatic carbocycles. The second-order valence-corrected chi connectivity index (χ2v) is 8.96. The van der Waals surface area contributed by atoms with Gasteiger partial charge in [-0.15, -0.1) is 11.3 Å². The van der Waals surface area contributed by atoms with Crippen LogP contribution in [0.5, 0.6) is 0 Å². The van der Waals surface area contributed by atoms with E-state index >= 15 is 0 Å². The molecule has 35 heavy (non-hydrogen) atoms. The number of benzene rings is 1. The third-order valence-electron chi connectivity index (χ3n) is 4.94. The van der Waals surface area contributed by atoms with Crippen LogP contribution in [0, 0.1) is 0 Å². The van der Waals surface area contributed by atoms with Crippen molar-refractivity contribution in [3.05, 3.63) is 45.1 Å². The van der Waals surface area contributed by atoms with E-state index in [4.69, 9.17) is 16.3 Å². The number of nitrogens with one attached hydrogen (secondary N) is 4. The third-order valence-corrected chi connectivity index (χ3v) is 6.17. The zero-order valence-electron chi connectivity index (χ0n) is 18.4. The first-order valence-electron chi connectivity index (χ1n) is 10.3. The maximum atomic E-state index is 13.8. The quantitative estimate of drug-likeness (QED) is 0.417. The van der Waals surface area contributed by atoms with E-state index in [2.05, 4.69) is 21.3 Å². The minimum Gasteiger partial charge on any atom is -0.370 e. The number of rotatable bonds is 8. The molecule has 2 heterocycles. The number of alkyl halides is 2. The summed E-state index contributed by atoms with van der Waals surface area (Å²) in [5, 5.41) is 9.53. The van der Waals surface area contributed by atoms with Crippen LogP contribution in [0.15, 0.2) is 30.3 Å². The van der Waals surface area contributed by atoms with Crippen LogP contribution in [0.2, 0.25) is 4.34 Å². The van der Waals surface area contributed by atoms with E-state index in [1.807, 2.05) is 0 Å². The van der Waals surface area contributed by atoms with Gasteiger partial charge in [-0.3, -0.25) is 14.4 Å². The van der Waals surface area contributed by atoms with Gasteiger partial charge in [0.25, 0.3) is 18.2 Å². The van der Waals surface area contributed by atoms with E-state index in [9.17, 15) is 28.0 Å². The van der Waals surface area contributed by atoms with Crippen molar-refractivity contribution in [1.82, 2.24) is 16.0 Å². The molecular formula is C21H22ClF2N5O5S. The monoisotopic (exact) mass is 529 g/mol. The third kappa shape index (κ3) is 6.87.